The predicted molar refractivity (Wildman–Crippen MR) is 97.2 cm³/mol. The number of nitrogens with zero attached hydrogens (tertiary/aromatic N) is 1. The Labute approximate surface area is 144 Å². The Bertz CT molecular complexity index is 534. The minimum Gasteiger partial charge on any atom is -0.339 e. The van der Waals surface area contributed by atoms with Crippen LogP contribution in [0.15, 0.2) is 24.3 Å². The highest BCUT2D eigenvalue weighted by atomic mass is 16.2. The average molecular weight is 331 g/mol. The van der Waals surface area contributed by atoms with Gasteiger partial charge >= 0.3 is 0 Å². The number of anilines is 1. The SMILES string of the molecule is CCC(C)NCC(=O)Nc1ccc(C(=O)N2CCCCCC2)cc1. The summed E-state index contributed by atoms with van der Waals surface area (Å²) in [4.78, 5) is 26.4. The lowest BCUT2D eigenvalue weighted by Crippen LogP contribution is -2.34. The summed E-state index contributed by atoms with van der Waals surface area (Å²) in [5.74, 6) is 0.0232. The first-order valence-corrected chi connectivity index (χ1v) is 9.02. The van der Waals surface area contributed by atoms with Gasteiger partial charge in [0, 0.05) is 30.4 Å². The molecular formula is C19H29N3O2. The molecule has 1 atom stereocenters. The van der Waals surface area contributed by atoms with Gasteiger partial charge in [0.2, 0.25) is 5.91 Å². The third-order valence-corrected chi connectivity index (χ3v) is 4.53. The maximum absolute atomic E-state index is 12.5. The number of amides is 2. The third-order valence-electron chi connectivity index (χ3n) is 4.53. The maximum atomic E-state index is 12.5. The minimum atomic E-state index is -0.0677. The average Bonchev–Trinajstić information content (AvgIpc) is 2.89. The van der Waals surface area contributed by atoms with E-state index in [2.05, 4.69) is 24.5 Å². The Morgan fingerprint density at radius 2 is 1.71 bits per heavy atom. The predicted octanol–water partition coefficient (Wildman–Crippen LogP) is 3.03. The maximum Gasteiger partial charge on any atom is 0.253 e. The smallest absolute Gasteiger partial charge is 0.253 e. The fraction of sp³-hybridized carbons (Fsp3) is 0.579. The van der Waals surface area contributed by atoms with Crippen molar-refractivity contribution in [1.82, 2.24) is 10.2 Å². The molecule has 2 N–H and O–H groups in total. The zero-order valence-electron chi connectivity index (χ0n) is 14.8. The molecule has 0 radical (unpaired) electrons. The number of hydrogen-bond acceptors (Lipinski definition) is 3. The molecular weight excluding hydrogens is 302 g/mol. The van der Waals surface area contributed by atoms with Crippen LogP contribution in [0.4, 0.5) is 5.69 Å². The lowest BCUT2D eigenvalue weighted by Gasteiger charge is -2.20. The molecule has 1 aromatic carbocycles. The van der Waals surface area contributed by atoms with Crippen LogP contribution in [0.5, 0.6) is 0 Å². The highest BCUT2D eigenvalue weighted by Gasteiger charge is 2.17. The molecule has 0 aliphatic carbocycles. The molecule has 1 aliphatic rings. The lowest BCUT2D eigenvalue weighted by molar-refractivity contribution is -0.115. The number of rotatable bonds is 6. The molecule has 0 aromatic heterocycles. The highest BCUT2D eigenvalue weighted by molar-refractivity contribution is 5.96. The highest BCUT2D eigenvalue weighted by Crippen LogP contribution is 2.15. The molecule has 1 heterocycles. The number of hydrogen-bond donors (Lipinski definition) is 2. The minimum absolute atomic E-state index is 0.0677. The Morgan fingerprint density at radius 3 is 2.29 bits per heavy atom. The van der Waals surface area contributed by atoms with E-state index in [1.807, 2.05) is 4.90 Å². The topological polar surface area (TPSA) is 61.4 Å². The number of carbonyl (C=O) groups excluding carboxylic acids is 2. The van der Waals surface area contributed by atoms with Gasteiger partial charge in [-0.15, -0.1) is 0 Å². The van der Waals surface area contributed by atoms with E-state index in [1.165, 1.54) is 12.8 Å². The summed E-state index contributed by atoms with van der Waals surface area (Å²) in [5, 5.41) is 6.01. The van der Waals surface area contributed by atoms with Gasteiger partial charge in [0.25, 0.3) is 5.91 Å². The van der Waals surface area contributed by atoms with E-state index >= 15 is 0 Å². The Kier molecular flexibility index (Phi) is 7.25. The fourth-order valence-electron chi connectivity index (χ4n) is 2.77. The summed E-state index contributed by atoms with van der Waals surface area (Å²) in [7, 11) is 0. The first-order valence-electron chi connectivity index (χ1n) is 9.02. The molecule has 0 spiro atoms. The van der Waals surface area contributed by atoms with E-state index in [1.54, 1.807) is 24.3 Å². The largest absolute Gasteiger partial charge is 0.339 e. The van der Waals surface area contributed by atoms with Crippen molar-refractivity contribution in [3.05, 3.63) is 29.8 Å². The van der Waals surface area contributed by atoms with Crippen LogP contribution in [0.1, 0.15) is 56.3 Å². The van der Waals surface area contributed by atoms with Gasteiger partial charge in [0.15, 0.2) is 0 Å². The van der Waals surface area contributed by atoms with Crippen LogP contribution in [0.25, 0.3) is 0 Å². The molecule has 132 valence electrons. The van der Waals surface area contributed by atoms with Gasteiger partial charge in [0.1, 0.15) is 0 Å². The van der Waals surface area contributed by atoms with Crippen LogP contribution in [0, 0.1) is 0 Å². The molecule has 24 heavy (non-hydrogen) atoms. The van der Waals surface area contributed by atoms with Gasteiger partial charge < -0.3 is 15.5 Å². The first-order chi connectivity index (χ1) is 11.6. The van der Waals surface area contributed by atoms with Gasteiger partial charge in [-0.3, -0.25) is 9.59 Å². The Morgan fingerprint density at radius 1 is 1.08 bits per heavy atom. The van der Waals surface area contributed by atoms with Crippen LogP contribution in [0.3, 0.4) is 0 Å². The molecule has 0 bridgehead atoms. The van der Waals surface area contributed by atoms with Gasteiger partial charge in [-0.2, -0.15) is 0 Å². The van der Waals surface area contributed by atoms with Crippen LogP contribution in [-0.4, -0.2) is 42.4 Å². The molecule has 1 fully saturated rings. The second-order valence-corrected chi connectivity index (χ2v) is 6.52. The third kappa shape index (κ3) is 5.64. The van der Waals surface area contributed by atoms with Crippen LogP contribution in [-0.2, 0) is 4.79 Å². The molecule has 1 unspecified atom stereocenters. The molecule has 5 nitrogen and oxygen atoms in total. The first kappa shape index (κ1) is 18.5. The van der Waals surface area contributed by atoms with E-state index in [0.29, 0.717) is 18.2 Å². The number of likely N-dealkylation sites (tertiary alicyclic amines) is 1. The number of nitrogens with one attached hydrogen (secondary N) is 2. The number of carbonyl (C=O) groups is 2. The van der Waals surface area contributed by atoms with Gasteiger partial charge in [-0.25, -0.2) is 0 Å². The summed E-state index contributed by atoms with van der Waals surface area (Å²) in [6.07, 6.45) is 5.57. The van der Waals surface area contributed by atoms with E-state index in [9.17, 15) is 9.59 Å². The molecule has 1 saturated heterocycles. The monoisotopic (exact) mass is 331 g/mol. The van der Waals surface area contributed by atoms with Crippen molar-refractivity contribution in [2.75, 3.05) is 25.0 Å². The Balaban J connectivity index is 1.87. The normalized spacial score (nSPS) is 16.3. The van der Waals surface area contributed by atoms with E-state index < -0.39 is 0 Å². The summed E-state index contributed by atoms with van der Waals surface area (Å²) >= 11 is 0. The van der Waals surface area contributed by atoms with Crippen molar-refractivity contribution in [1.29, 1.82) is 0 Å². The van der Waals surface area contributed by atoms with E-state index in [4.69, 9.17) is 0 Å². The quantitative estimate of drug-likeness (QED) is 0.842. The molecule has 5 heteroatoms. The van der Waals surface area contributed by atoms with Gasteiger partial charge in [0.05, 0.1) is 6.54 Å². The van der Waals surface area contributed by atoms with Gasteiger partial charge in [-0.1, -0.05) is 19.8 Å². The molecule has 0 saturated carbocycles. The second-order valence-electron chi connectivity index (χ2n) is 6.52. The molecule has 1 aromatic rings. The van der Waals surface area contributed by atoms with Crippen LogP contribution in [0.2, 0.25) is 0 Å². The molecule has 1 aliphatic heterocycles. The summed E-state index contributed by atoms with van der Waals surface area (Å²) < 4.78 is 0. The molecule has 2 amide bonds. The number of benzene rings is 1. The van der Waals surface area contributed by atoms with Crippen molar-refractivity contribution in [2.45, 2.75) is 52.0 Å². The van der Waals surface area contributed by atoms with E-state index in [-0.39, 0.29) is 11.8 Å². The summed E-state index contributed by atoms with van der Waals surface area (Å²) in [6, 6.07) is 7.51. The fourth-order valence-corrected chi connectivity index (χ4v) is 2.77. The van der Waals surface area contributed by atoms with Crippen molar-refractivity contribution in [3.63, 3.8) is 0 Å². The van der Waals surface area contributed by atoms with Crippen LogP contribution < -0.4 is 10.6 Å². The standard InChI is InChI=1S/C19H29N3O2/c1-3-15(2)20-14-18(23)21-17-10-8-16(9-11-17)19(24)22-12-6-4-5-7-13-22/h8-11,15,20H,3-7,12-14H2,1-2H3,(H,21,23). The van der Waals surface area contributed by atoms with Crippen molar-refractivity contribution < 1.29 is 9.59 Å². The van der Waals surface area contributed by atoms with Gasteiger partial charge in [-0.05, 0) is 50.5 Å². The second kappa shape index (κ2) is 9.42. The van der Waals surface area contributed by atoms with Crippen LogP contribution >= 0.6 is 0 Å². The van der Waals surface area contributed by atoms with Crippen molar-refractivity contribution in [3.8, 4) is 0 Å². The van der Waals surface area contributed by atoms with Crippen molar-refractivity contribution in [2.24, 2.45) is 0 Å². The Hall–Kier alpha value is -1.88. The summed E-state index contributed by atoms with van der Waals surface area (Å²) in [6.45, 7) is 6.12. The lowest BCUT2D eigenvalue weighted by atomic mass is 10.1. The van der Waals surface area contributed by atoms with Crippen molar-refractivity contribution >= 4 is 17.5 Å². The summed E-state index contributed by atoms with van der Waals surface area (Å²) in [5.41, 5.74) is 1.41. The zero-order chi connectivity index (χ0) is 17.4. The zero-order valence-corrected chi connectivity index (χ0v) is 14.8. The molecule has 2 rings (SSSR count). The van der Waals surface area contributed by atoms with E-state index in [0.717, 1.165) is 38.0 Å².